The second-order valence-electron chi connectivity index (χ2n) is 12.7. The van der Waals surface area contributed by atoms with Crippen LogP contribution in [0.1, 0.15) is 43.4 Å². The summed E-state index contributed by atoms with van der Waals surface area (Å²) in [6.45, 7) is 10.1. The van der Waals surface area contributed by atoms with Crippen molar-refractivity contribution in [1.29, 1.82) is 0 Å². The van der Waals surface area contributed by atoms with E-state index in [0.717, 1.165) is 11.0 Å². The molecule has 0 bridgehead atoms. The van der Waals surface area contributed by atoms with Gasteiger partial charge in [0.25, 0.3) is 0 Å². The fraction of sp³-hybridized carbons (Fsp3) is 0.150. The van der Waals surface area contributed by atoms with Gasteiger partial charge < -0.3 is 0 Å². The van der Waals surface area contributed by atoms with Crippen LogP contribution < -0.4 is 0 Å². The Morgan fingerprint density at radius 2 is 1.02 bits per heavy atom. The van der Waals surface area contributed by atoms with Gasteiger partial charge in [-0.3, -0.25) is 0 Å². The summed E-state index contributed by atoms with van der Waals surface area (Å²) in [6.07, 6.45) is 9.17. The van der Waals surface area contributed by atoms with Gasteiger partial charge in [0.05, 0.1) is 0 Å². The molecule has 2 atom stereocenters. The molecule has 44 heavy (non-hydrogen) atoms. The molecule has 2 unspecified atom stereocenters. The van der Waals surface area contributed by atoms with Crippen molar-refractivity contribution in [1.82, 2.24) is 9.97 Å². The van der Waals surface area contributed by atoms with E-state index in [1.54, 1.807) is 22.3 Å². The Labute approximate surface area is 268 Å². The standard InChI is InChI=1S/2C19H14N.C2H7Si.Zr/c2*1-13-9-14-6-4-7-17(18(14)10-13)16-11-15-5-2-3-8-19(15)20-12-16;1-3-2;/h2*2-12H,1H3;3H,1-2H3;. The summed E-state index contributed by atoms with van der Waals surface area (Å²) in [5.41, 5.74) is 16.3. The van der Waals surface area contributed by atoms with Crippen LogP contribution >= 0.6 is 0 Å². The number of aromatic nitrogens is 2. The average Bonchev–Trinajstić information content (AvgIpc) is 3.56. The van der Waals surface area contributed by atoms with Crippen molar-refractivity contribution >= 4 is 39.9 Å². The van der Waals surface area contributed by atoms with Crippen LogP contribution in [-0.2, 0) is 20.9 Å². The average molecular weight is 663 g/mol. The van der Waals surface area contributed by atoms with Crippen LogP contribution in [0, 0.1) is 0 Å². The van der Waals surface area contributed by atoms with Crippen molar-refractivity contribution in [2.45, 2.75) is 34.2 Å². The molecule has 0 N–H and O–H groups in total. The molecule has 0 fully saturated rings. The number of para-hydroxylation sites is 2. The van der Waals surface area contributed by atoms with E-state index in [4.69, 9.17) is 9.97 Å². The summed E-state index contributed by atoms with van der Waals surface area (Å²) in [5, 5.41) is 2.40. The van der Waals surface area contributed by atoms with Gasteiger partial charge in [0.2, 0.25) is 0 Å². The van der Waals surface area contributed by atoms with Crippen molar-refractivity contribution in [3.8, 4) is 22.3 Å². The molecule has 2 aliphatic carbocycles. The zero-order valence-electron chi connectivity index (χ0n) is 25.7. The molecule has 2 aromatic heterocycles. The van der Waals surface area contributed by atoms with Gasteiger partial charge in [-0.1, -0.05) is 0 Å². The minimum atomic E-state index is -2.14. The monoisotopic (exact) mass is 661 g/mol. The van der Waals surface area contributed by atoms with Crippen LogP contribution in [0.5, 0.6) is 0 Å². The number of benzene rings is 4. The third-order valence-electron chi connectivity index (χ3n) is 9.69. The summed E-state index contributed by atoms with van der Waals surface area (Å²) in [7, 11) is 0. The number of rotatable bonds is 5. The molecule has 0 aliphatic heterocycles. The van der Waals surface area contributed by atoms with E-state index in [1.807, 2.05) is 0 Å². The molecule has 2 aliphatic rings. The molecule has 0 saturated heterocycles. The molecule has 2 nitrogen and oxygen atoms in total. The van der Waals surface area contributed by atoms with Gasteiger partial charge in [-0.15, -0.1) is 0 Å². The van der Waals surface area contributed by atoms with E-state index in [9.17, 15) is 0 Å². The van der Waals surface area contributed by atoms with E-state index >= 15 is 0 Å². The van der Waals surface area contributed by atoms with Gasteiger partial charge >= 0.3 is 270 Å². The Morgan fingerprint density at radius 1 is 0.568 bits per heavy atom. The molecule has 2 heterocycles. The summed E-state index contributed by atoms with van der Waals surface area (Å²) in [6, 6.07) is 35.6. The molecule has 4 aromatic carbocycles. The number of hydrogen-bond donors (Lipinski definition) is 0. The van der Waals surface area contributed by atoms with E-state index in [-0.39, 0.29) is 0 Å². The molecule has 0 radical (unpaired) electrons. The van der Waals surface area contributed by atoms with Crippen LogP contribution in [0.25, 0.3) is 56.2 Å². The van der Waals surface area contributed by atoms with Crippen molar-refractivity contribution in [3.05, 3.63) is 143 Å². The third-order valence-corrected chi connectivity index (χ3v) is 31.8. The zero-order chi connectivity index (χ0) is 29.9. The number of fused-ring (bicyclic) bond motifs is 4. The summed E-state index contributed by atoms with van der Waals surface area (Å²) >= 11 is -2.14. The van der Waals surface area contributed by atoms with E-state index in [2.05, 4.69) is 149 Å². The predicted octanol–water partition coefficient (Wildman–Crippen LogP) is 10.3. The second-order valence-corrected chi connectivity index (χ2v) is 32.8. The van der Waals surface area contributed by atoms with Crippen LogP contribution in [0.4, 0.5) is 0 Å². The normalized spacial score (nSPS) is 17.1. The summed E-state index contributed by atoms with van der Waals surface area (Å²) < 4.78 is 1.22. The maximum absolute atomic E-state index is 4.82. The molecule has 6 aromatic rings. The molecule has 0 saturated carbocycles. The first-order valence-electron chi connectivity index (χ1n) is 15.7. The van der Waals surface area contributed by atoms with E-state index in [0.29, 0.717) is 7.25 Å². The Morgan fingerprint density at radius 3 is 1.48 bits per heavy atom. The Hall–Kier alpha value is -3.72. The van der Waals surface area contributed by atoms with Gasteiger partial charge in [0, 0.05) is 0 Å². The maximum atomic E-state index is 4.82. The SMILES string of the molecule is CC1=Cc2c(-c3cnc4ccccc4c3)cccc2[CH]1[Zr]([CH]1C(C)=Cc2c(-c3cnc4ccccc4c3)cccc21)[SiH](C)C. The number of pyridine rings is 2. The number of allylic oxidation sites excluding steroid dienone is 2. The quantitative estimate of drug-likeness (QED) is 0.172. The predicted molar refractivity (Wildman–Crippen MR) is 186 cm³/mol. The van der Waals surface area contributed by atoms with Gasteiger partial charge in [0.15, 0.2) is 0 Å². The third kappa shape index (κ3) is 4.54. The van der Waals surface area contributed by atoms with E-state index in [1.165, 1.54) is 44.2 Å². The van der Waals surface area contributed by atoms with Gasteiger partial charge in [0.1, 0.15) is 0 Å². The molecule has 0 amide bonds. The molecule has 4 heteroatoms. The van der Waals surface area contributed by atoms with Gasteiger partial charge in [-0.25, -0.2) is 0 Å². The first kappa shape index (κ1) is 27.8. The molecule has 213 valence electrons. The first-order valence-corrected chi connectivity index (χ1v) is 25.7. The number of nitrogens with zero attached hydrogens (tertiary/aromatic N) is 2. The number of hydrogen-bond acceptors (Lipinski definition) is 2. The first-order chi connectivity index (χ1) is 21.5. The minimum absolute atomic E-state index is 0.609. The van der Waals surface area contributed by atoms with Crippen molar-refractivity contribution in [2.75, 3.05) is 0 Å². The van der Waals surface area contributed by atoms with Crippen LogP contribution in [0.3, 0.4) is 0 Å². The van der Waals surface area contributed by atoms with Crippen molar-refractivity contribution in [3.63, 3.8) is 0 Å². The molecular weight excluding hydrogens is 628 g/mol. The Balaban J connectivity index is 1.22. The topological polar surface area (TPSA) is 25.8 Å². The van der Waals surface area contributed by atoms with Crippen LogP contribution in [0.2, 0.25) is 13.1 Å². The Bertz CT molecular complexity index is 2010. The molecular formula is C40H35N2SiZr. The Kier molecular flexibility index (Phi) is 6.96. The molecule has 0 spiro atoms. The van der Waals surface area contributed by atoms with Gasteiger partial charge in [-0.05, 0) is 0 Å². The fourth-order valence-electron chi connectivity index (χ4n) is 7.76. The van der Waals surface area contributed by atoms with Crippen LogP contribution in [0.15, 0.2) is 121 Å². The van der Waals surface area contributed by atoms with Crippen molar-refractivity contribution in [2.24, 2.45) is 0 Å². The van der Waals surface area contributed by atoms with Crippen LogP contribution in [-0.4, -0.2) is 15.9 Å². The van der Waals surface area contributed by atoms with Crippen molar-refractivity contribution < 1.29 is 20.9 Å². The second kappa shape index (κ2) is 11.0. The van der Waals surface area contributed by atoms with Gasteiger partial charge in [-0.2, -0.15) is 0 Å². The fourth-order valence-corrected chi connectivity index (χ4v) is 31.0. The zero-order valence-corrected chi connectivity index (χ0v) is 29.3. The molecule has 8 rings (SSSR count). The van der Waals surface area contributed by atoms with E-state index < -0.39 is 26.8 Å². The summed E-state index contributed by atoms with van der Waals surface area (Å²) in [5.74, 6) is -0.942. The summed E-state index contributed by atoms with van der Waals surface area (Å²) in [4.78, 5) is 9.64.